The minimum Gasteiger partial charge on any atom is -0.339 e. The minimum atomic E-state index is 0.264. The molecule has 0 spiro atoms. The Labute approximate surface area is 94.0 Å². The number of carbonyl (C=O) groups excluding carboxylic acids is 2. The van der Waals surface area contributed by atoms with Crippen LogP contribution in [0.25, 0.3) is 0 Å². The fraction of sp³-hybridized carbons (Fsp3) is 0.800. The smallest absolute Gasteiger partial charge is 0.223 e. The van der Waals surface area contributed by atoms with Gasteiger partial charge in [0.1, 0.15) is 0 Å². The van der Waals surface area contributed by atoms with Gasteiger partial charge in [0.2, 0.25) is 11.8 Å². The van der Waals surface area contributed by atoms with E-state index in [-0.39, 0.29) is 11.8 Å². The highest BCUT2D eigenvalue weighted by Crippen LogP contribution is 2.13. The fourth-order valence-corrected chi connectivity index (χ4v) is 2.18. The average Bonchev–Trinajstić information content (AvgIpc) is 3.06. The summed E-state index contributed by atoms with van der Waals surface area (Å²) in [4.78, 5) is 26.2. The number of hydrogen-bond acceptors (Lipinski definition) is 3. The summed E-state index contributed by atoms with van der Waals surface area (Å²) in [6, 6.07) is 0. The first-order valence-electron chi connectivity index (χ1n) is 5.40. The summed E-state index contributed by atoms with van der Waals surface area (Å²) >= 11 is 1.71. The Morgan fingerprint density at radius 1 is 0.867 bits per heavy atom. The van der Waals surface area contributed by atoms with Crippen LogP contribution in [-0.2, 0) is 9.59 Å². The van der Waals surface area contributed by atoms with Crippen molar-refractivity contribution in [3.63, 3.8) is 0 Å². The Hall–Kier alpha value is -0.710. The van der Waals surface area contributed by atoms with Gasteiger partial charge in [-0.05, 0) is 0 Å². The van der Waals surface area contributed by atoms with Gasteiger partial charge in [0.15, 0.2) is 0 Å². The van der Waals surface area contributed by atoms with Crippen LogP contribution in [0.2, 0.25) is 0 Å². The van der Waals surface area contributed by atoms with Crippen molar-refractivity contribution < 1.29 is 9.59 Å². The third-order valence-corrected chi connectivity index (χ3v) is 3.51. The molecule has 0 atom stereocenters. The largest absolute Gasteiger partial charge is 0.339 e. The van der Waals surface area contributed by atoms with Crippen LogP contribution < -0.4 is 0 Å². The van der Waals surface area contributed by atoms with Gasteiger partial charge in [0.05, 0.1) is 0 Å². The molecule has 0 aliphatic carbocycles. The molecule has 2 aliphatic rings. The average molecular weight is 228 g/mol. The van der Waals surface area contributed by atoms with Gasteiger partial charge in [-0.15, -0.1) is 0 Å². The van der Waals surface area contributed by atoms with E-state index in [0.29, 0.717) is 12.8 Å². The second-order valence-corrected chi connectivity index (χ2v) is 5.10. The van der Waals surface area contributed by atoms with Gasteiger partial charge in [-0.25, -0.2) is 0 Å². The fourth-order valence-electron chi connectivity index (χ4n) is 1.34. The molecule has 0 radical (unpaired) electrons. The Morgan fingerprint density at radius 2 is 1.27 bits per heavy atom. The second kappa shape index (κ2) is 4.88. The molecule has 0 unspecified atom stereocenters. The van der Waals surface area contributed by atoms with E-state index in [9.17, 15) is 9.59 Å². The monoisotopic (exact) mass is 228 g/mol. The van der Waals surface area contributed by atoms with Crippen LogP contribution in [0.1, 0.15) is 12.8 Å². The molecule has 84 valence electrons. The molecular weight excluding hydrogens is 212 g/mol. The van der Waals surface area contributed by atoms with Gasteiger partial charge < -0.3 is 9.80 Å². The van der Waals surface area contributed by atoms with Crippen LogP contribution in [0.5, 0.6) is 0 Å². The summed E-state index contributed by atoms with van der Waals surface area (Å²) in [7, 11) is 0. The summed E-state index contributed by atoms with van der Waals surface area (Å²) in [6.07, 6.45) is 1.26. The van der Waals surface area contributed by atoms with Crippen molar-refractivity contribution in [1.29, 1.82) is 0 Å². The number of thioether (sulfide) groups is 1. The van der Waals surface area contributed by atoms with Crippen LogP contribution in [-0.4, -0.2) is 59.3 Å². The highest BCUT2D eigenvalue weighted by Gasteiger charge is 2.24. The number of rotatable bonds is 6. The van der Waals surface area contributed by atoms with Gasteiger partial charge in [-0.3, -0.25) is 9.59 Å². The van der Waals surface area contributed by atoms with E-state index in [0.717, 1.165) is 37.7 Å². The number of amides is 2. The third kappa shape index (κ3) is 3.74. The molecule has 5 heteroatoms. The maximum Gasteiger partial charge on any atom is 0.223 e. The van der Waals surface area contributed by atoms with Gasteiger partial charge in [0, 0.05) is 50.5 Å². The van der Waals surface area contributed by atoms with E-state index in [1.54, 1.807) is 11.8 Å². The summed E-state index contributed by atoms with van der Waals surface area (Å²) in [5, 5.41) is 0. The molecule has 0 aromatic heterocycles. The van der Waals surface area contributed by atoms with E-state index in [4.69, 9.17) is 0 Å². The summed E-state index contributed by atoms with van der Waals surface area (Å²) in [6.45, 7) is 3.77. The number of hydrogen-bond donors (Lipinski definition) is 0. The highest BCUT2D eigenvalue weighted by molar-refractivity contribution is 7.99. The Bertz CT molecular complexity index is 236. The van der Waals surface area contributed by atoms with E-state index >= 15 is 0 Å². The lowest BCUT2D eigenvalue weighted by molar-refractivity contribution is -0.125. The van der Waals surface area contributed by atoms with Crippen molar-refractivity contribution in [3.8, 4) is 0 Å². The van der Waals surface area contributed by atoms with Gasteiger partial charge >= 0.3 is 0 Å². The van der Waals surface area contributed by atoms with Crippen molar-refractivity contribution in [2.45, 2.75) is 12.8 Å². The van der Waals surface area contributed by atoms with Crippen LogP contribution in [0.3, 0.4) is 0 Å². The first kappa shape index (κ1) is 10.8. The van der Waals surface area contributed by atoms with E-state index in [2.05, 4.69) is 0 Å². The van der Waals surface area contributed by atoms with Gasteiger partial charge in [-0.1, -0.05) is 0 Å². The normalized spacial score (nSPS) is 17.9. The lowest BCUT2D eigenvalue weighted by Gasteiger charge is -2.02. The Morgan fingerprint density at radius 3 is 1.60 bits per heavy atom. The van der Waals surface area contributed by atoms with Crippen LogP contribution in [0.4, 0.5) is 0 Å². The molecule has 0 aromatic rings. The quantitative estimate of drug-likeness (QED) is 0.481. The molecule has 0 N–H and O–H groups in total. The zero-order chi connectivity index (χ0) is 10.7. The molecule has 2 amide bonds. The molecular formula is C10H16N2O2S. The topological polar surface area (TPSA) is 40.2 Å². The van der Waals surface area contributed by atoms with E-state index < -0.39 is 0 Å². The Kier molecular flexibility index (Phi) is 3.51. The first-order chi connectivity index (χ1) is 7.27. The highest BCUT2D eigenvalue weighted by atomic mass is 32.2. The van der Waals surface area contributed by atoms with E-state index in [1.807, 2.05) is 9.80 Å². The zero-order valence-corrected chi connectivity index (χ0v) is 9.59. The van der Waals surface area contributed by atoms with Crippen LogP contribution >= 0.6 is 11.8 Å². The molecule has 2 rings (SSSR count). The molecule has 2 aliphatic heterocycles. The van der Waals surface area contributed by atoms with E-state index in [1.165, 1.54) is 0 Å². The summed E-state index contributed by atoms with van der Waals surface area (Å²) in [5.41, 5.74) is 0. The lowest BCUT2D eigenvalue weighted by atomic mass is 10.4. The first-order valence-corrected chi connectivity index (χ1v) is 6.56. The lowest BCUT2D eigenvalue weighted by Crippen LogP contribution is -2.12. The third-order valence-electron chi connectivity index (χ3n) is 2.52. The van der Waals surface area contributed by atoms with Gasteiger partial charge in [-0.2, -0.15) is 11.8 Å². The van der Waals surface area contributed by atoms with Crippen LogP contribution in [0, 0.1) is 0 Å². The molecule has 15 heavy (non-hydrogen) atoms. The molecule has 0 aromatic carbocycles. The second-order valence-electron chi connectivity index (χ2n) is 3.87. The molecule has 4 nitrogen and oxygen atoms in total. The van der Waals surface area contributed by atoms with Crippen molar-refractivity contribution in [1.82, 2.24) is 9.80 Å². The zero-order valence-electron chi connectivity index (χ0n) is 8.78. The standard InChI is InChI=1S/C10H16N2O2S/c13-9(11-3-4-11)1-7-15-8-2-10(14)12-5-6-12/h1-8H2. The molecule has 0 saturated carbocycles. The van der Waals surface area contributed by atoms with Crippen molar-refractivity contribution in [3.05, 3.63) is 0 Å². The van der Waals surface area contributed by atoms with Crippen molar-refractivity contribution in [2.24, 2.45) is 0 Å². The maximum absolute atomic E-state index is 11.3. The maximum atomic E-state index is 11.3. The van der Waals surface area contributed by atoms with Crippen LogP contribution in [0.15, 0.2) is 0 Å². The summed E-state index contributed by atoms with van der Waals surface area (Å²) < 4.78 is 0. The van der Waals surface area contributed by atoms with Crippen molar-refractivity contribution in [2.75, 3.05) is 37.7 Å². The SMILES string of the molecule is O=C(CCSCCC(=O)N1CC1)N1CC1. The molecule has 2 saturated heterocycles. The molecule has 2 fully saturated rings. The summed E-state index contributed by atoms with van der Waals surface area (Å²) in [5.74, 6) is 2.23. The predicted octanol–water partition coefficient (Wildman–Crippen LogP) is 0.184. The Balaban J connectivity index is 1.44. The van der Waals surface area contributed by atoms with Gasteiger partial charge in [0.25, 0.3) is 0 Å². The number of carbonyl (C=O) groups is 2. The molecule has 0 bridgehead atoms. The minimum absolute atomic E-state index is 0.264. The van der Waals surface area contributed by atoms with Crippen molar-refractivity contribution >= 4 is 23.6 Å². The molecule has 2 heterocycles. The predicted molar refractivity (Wildman–Crippen MR) is 59.7 cm³/mol. The number of nitrogens with zero attached hydrogens (tertiary/aromatic N) is 2.